The predicted molar refractivity (Wildman–Crippen MR) is 148 cm³/mol. The molecule has 1 heterocycles. The molecule has 3 aromatic carbocycles. The number of hydrogen-bond acceptors (Lipinski definition) is 5. The molecule has 7 heteroatoms. The molecule has 0 radical (unpaired) electrons. The van der Waals surface area contributed by atoms with E-state index >= 15 is 0 Å². The number of carbonyl (C=O) groups is 3. The molecule has 1 fully saturated rings. The molecule has 3 aromatic rings. The van der Waals surface area contributed by atoms with Gasteiger partial charge in [0.2, 0.25) is 5.91 Å². The maximum Gasteiger partial charge on any atom is 0.311 e. The average Bonchev–Trinajstić information content (AvgIpc) is 3.27. The monoisotopic (exact) mass is 514 g/mol. The van der Waals surface area contributed by atoms with Gasteiger partial charge in [0.05, 0.1) is 5.92 Å². The Bertz CT molecular complexity index is 1320. The van der Waals surface area contributed by atoms with Crippen LogP contribution in [0.15, 0.2) is 66.7 Å². The van der Waals surface area contributed by atoms with E-state index in [1.54, 1.807) is 35.2 Å². The van der Waals surface area contributed by atoms with Crippen LogP contribution in [0.25, 0.3) is 0 Å². The summed E-state index contributed by atoms with van der Waals surface area (Å²) in [5.41, 5.74) is 4.66. The number of nitrogens with one attached hydrogen (secondary N) is 1. The molecule has 198 valence electrons. The number of benzene rings is 3. The van der Waals surface area contributed by atoms with Crippen molar-refractivity contribution in [1.82, 2.24) is 0 Å². The summed E-state index contributed by atoms with van der Waals surface area (Å²) in [7, 11) is 0. The highest BCUT2D eigenvalue weighted by molar-refractivity contribution is 6.00. The highest BCUT2D eigenvalue weighted by Crippen LogP contribution is 2.30. The van der Waals surface area contributed by atoms with Crippen LogP contribution in [0.2, 0.25) is 0 Å². The van der Waals surface area contributed by atoms with Crippen LogP contribution in [0.3, 0.4) is 0 Å². The number of amides is 2. The third-order valence-electron chi connectivity index (χ3n) is 6.79. The molecule has 0 aromatic heterocycles. The summed E-state index contributed by atoms with van der Waals surface area (Å²) in [6.45, 7) is 10.2. The molecule has 0 aliphatic carbocycles. The Labute approximate surface area is 223 Å². The van der Waals surface area contributed by atoms with E-state index in [0.717, 1.165) is 16.9 Å². The first-order valence-electron chi connectivity index (χ1n) is 12.7. The number of esters is 1. The molecule has 1 aliphatic heterocycles. The Kier molecular flexibility index (Phi) is 7.86. The van der Waals surface area contributed by atoms with Crippen LogP contribution in [-0.2, 0) is 24.5 Å². The minimum Gasteiger partial charge on any atom is -0.457 e. The molecule has 4 rings (SSSR count). The van der Waals surface area contributed by atoms with Gasteiger partial charge in [-0.1, -0.05) is 45.0 Å². The van der Waals surface area contributed by atoms with Crippen molar-refractivity contribution in [3.8, 4) is 11.5 Å². The zero-order valence-corrected chi connectivity index (χ0v) is 22.5. The summed E-state index contributed by atoms with van der Waals surface area (Å²) in [5, 5.41) is 2.77. The molecule has 0 saturated carbocycles. The van der Waals surface area contributed by atoms with Crippen LogP contribution >= 0.6 is 0 Å². The highest BCUT2D eigenvalue weighted by atomic mass is 16.5. The van der Waals surface area contributed by atoms with Gasteiger partial charge in [-0.15, -0.1) is 0 Å². The second-order valence-corrected chi connectivity index (χ2v) is 10.7. The van der Waals surface area contributed by atoms with E-state index in [-0.39, 0.29) is 24.3 Å². The summed E-state index contributed by atoms with van der Waals surface area (Å²) >= 11 is 0. The topological polar surface area (TPSA) is 84.9 Å². The van der Waals surface area contributed by atoms with Crippen molar-refractivity contribution in [3.05, 3.63) is 83.4 Å². The van der Waals surface area contributed by atoms with Crippen molar-refractivity contribution < 1.29 is 23.9 Å². The normalized spacial score (nSPS) is 15.3. The van der Waals surface area contributed by atoms with Crippen molar-refractivity contribution in [3.63, 3.8) is 0 Å². The number of anilines is 2. The van der Waals surface area contributed by atoms with Gasteiger partial charge in [-0.25, -0.2) is 0 Å². The Morgan fingerprint density at radius 2 is 1.58 bits per heavy atom. The van der Waals surface area contributed by atoms with Crippen molar-refractivity contribution in [1.29, 1.82) is 0 Å². The Morgan fingerprint density at radius 1 is 0.947 bits per heavy atom. The number of nitrogens with zero attached hydrogens (tertiary/aromatic N) is 1. The summed E-state index contributed by atoms with van der Waals surface area (Å²) in [6, 6.07) is 20.8. The van der Waals surface area contributed by atoms with Gasteiger partial charge in [0.1, 0.15) is 11.5 Å². The minimum absolute atomic E-state index is 0.0375. The van der Waals surface area contributed by atoms with E-state index in [1.165, 1.54) is 5.56 Å². The first kappa shape index (κ1) is 26.9. The Hall–Kier alpha value is -4.13. The Balaban J connectivity index is 1.30. The van der Waals surface area contributed by atoms with E-state index < -0.39 is 24.4 Å². The maximum atomic E-state index is 12.6. The fourth-order valence-electron chi connectivity index (χ4n) is 4.30. The third kappa shape index (κ3) is 6.40. The van der Waals surface area contributed by atoms with E-state index in [9.17, 15) is 14.4 Å². The fourth-order valence-corrected chi connectivity index (χ4v) is 4.30. The average molecular weight is 515 g/mol. The van der Waals surface area contributed by atoms with E-state index in [2.05, 4.69) is 38.2 Å². The van der Waals surface area contributed by atoms with Gasteiger partial charge in [-0.05, 0) is 78.4 Å². The van der Waals surface area contributed by atoms with Crippen LogP contribution < -0.4 is 15.0 Å². The predicted octanol–water partition coefficient (Wildman–Crippen LogP) is 5.93. The van der Waals surface area contributed by atoms with Gasteiger partial charge in [-0.3, -0.25) is 14.4 Å². The molecule has 1 N–H and O–H groups in total. The van der Waals surface area contributed by atoms with Crippen molar-refractivity contribution in [2.45, 2.75) is 46.5 Å². The van der Waals surface area contributed by atoms with Gasteiger partial charge in [0.15, 0.2) is 6.61 Å². The molecule has 0 unspecified atom stereocenters. The van der Waals surface area contributed by atoms with Gasteiger partial charge in [0.25, 0.3) is 5.91 Å². The number of hydrogen-bond donors (Lipinski definition) is 1. The first-order valence-corrected chi connectivity index (χ1v) is 12.7. The maximum absolute atomic E-state index is 12.6. The number of rotatable bonds is 7. The second kappa shape index (κ2) is 11.1. The van der Waals surface area contributed by atoms with Crippen molar-refractivity contribution in [2.24, 2.45) is 5.92 Å². The van der Waals surface area contributed by atoms with Crippen LogP contribution in [0.4, 0.5) is 11.4 Å². The smallest absolute Gasteiger partial charge is 0.311 e. The highest BCUT2D eigenvalue weighted by Gasteiger charge is 2.36. The first-order chi connectivity index (χ1) is 18.0. The summed E-state index contributed by atoms with van der Waals surface area (Å²) in [4.78, 5) is 39.1. The lowest BCUT2D eigenvalue weighted by molar-refractivity contribution is -0.151. The largest absolute Gasteiger partial charge is 0.457 e. The van der Waals surface area contributed by atoms with E-state index in [4.69, 9.17) is 9.47 Å². The van der Waals surface area contributed by atoms with Crippen molar-refractivity contribution in [2.75, 3.05) is 23.4 Å². The third-order valence-corrected chi connectivity index (χ3v) is 6.79. The molecule has 38 heavy (non-hydrogen) atoms. The molecule has 1 atom stereocenters. The molecular weight excluding hydrogens is 480 g/mol. The molecule has 7 nitrogen and oxygen atoms in total. The summed E-state index contributed by atoms with van der Waals surface area (Å²) in [5.74, 6) is -0.402. The van der Waals surface area contributed by atoms with Crippen LogP contribution in [-0.4, -0.2) is 30.9 Å². The number of ether oxygens (including phenoxy) is 2. The van der Waals surface area contributed by atoms with Crippen LogP contribution in [0.5, 0.6) is 11.5 Å². The lowest BCUT2D eigenvalue weighted by Crippen LogP contribution is -2.28. The zero-order chi connectivity index (χ0) is 27.4. The van der Waals surface area contributed by atoms with Crippen molar-refractivity contribution >= 4 is 29.2 Å². The summed E-state index contributed by atoms with van der Waals surface area (Å²) in [6.07, 6.45) is 0.0375. The lowest BCUT2D eigenvalue weighted by Gasteiger charge is -2.19. The molecule has 0 bridgehead atoms. The van der Waals surface area contributed by atoms with Crippen LogP contribution in [0.1, 0.15) is 43.9 Å². The Morgan fingerprint density at radius 3 is 2.21 bits per heavy atom. The van der Waals surface area contributed by atoms with Gasteiger partial charge in [0, 0.05) is 24.3 Å². The minimum atomic E-state index is -0.631. The quantitative estimate of drug-likeness (QED) is 0.395. The van der Waals surface area contributed by atoms with E-state index in [0.29, 0.717) is 17.1 Å². The molecule has 1 aliphatic rings. The van der Waals surface area contributed by atoms with Gasteiger partial charge in [-0.2, -0.15) is 0 Å². The lowest BCUT2D eigenvalue weighted by atomic mass is 9.87. The van der Waals surface area contributed by atoms with Gasteiger partial charge >= 0.3 is 5.97 Å². The SMILES string of the molecule is Cc1cccc(NC(=O)COC(=O)[C@H]2CC(=O)N(c3ccc(Oc4ccc(C(C)(C)C)cc4)cc3)C2)c1C. The molecule has 2 amide bonds. The molecular formula is C31H34N2O5. The second-order valence-electron chi connectivity index (χ2n) is 10.7. The van der Waals surface area contributed by atoms with E-state index in [1.807, 2.05) is 38.1 Å². The fraction of sp³-hybridized carbons (Fsp3) is 0.323. The van der Waals surface area contributed by atoms with Gasteiger partial charge < -0.3 is 19.7 Å². The number of carbonyl (C=O) groups excluding carboxylic acids is 3. The zero-order valence-electron chi connectivity index (χ0n) is 22.5. The summed E-state index contributed by atoms with van der Waals surface area (Å²) < 4.78 is 11.2. The standard InChI is InChI=1S/C31H34N2O5/c1-20-7-6-8-27(21(20)2)32-28(34)19-37-30(36)22-17-29(35)33(18-22)24-11-15-26(16-12-24)38-25-13-9-23(10-14-25)31(3,4)5/h6-16,22H,17-19H2,1-5H3,(H,32,34)/t22-/m0/s1. The molecule has 0 spiro atoms. The van der Waals surface area contributed by atoms with Crippen LogP contribution in [0, 0.1) is 19.8 Å². The molecule has 1 saturated heterocycles. The number of aryl methyl sites for hydroxylation is 1.